The maximum atomic E-state index is 13.1. The first-order chi connectivity index (χ1) is 7.61. The Morgan fingerprint density at radius 2 is 2.31 bits per heavy atom. The van der Waals surface area contributed by atoms with E-state index in [2.05, 4.69) is 0 Å². The van der Waals surface area contributed by atoms with Crippen LogP contribution in [-0.4, -0.2) is 24.2 Å². The van der Waals surface area contributed by atoms with Crippen molar-refractivity contribution in [3.63, 3.8) is 0 Å². The summed E-state index contributed by atoms with van der Waals surface area (Å²) in [4.78, 5) is 13.3. The number of rotatable bonds is 2. The molecular formula is C12H14FNO2. The molecule has 16 heavy (non-hydrogen) atoms. The van der Waals surface area contributed by atoms with Crippen LogP contribution >= 0.6 is 0 Å². The molecule has 3 nitrogen and oxygen atoms in total. The van der Waals surface area contributed by atoms with E-state index in [1.807, 2.05) is 0 Å². The van der Waals surface area contributed by atoms with Crippen LogP contribution in [-0.2, 0) is 4.79 Å². The predicted molar refractivity (Wildman–Crippen MR) is 58.7 cm³/mol. The van der Waals surface area contributed by atoms with Gasteiger partial charge in [0.1, 0.15) is 5.82 Å². The lowest BCUT2D eigenvalue weighted by Gasteiger charge is -2.17. The van der Waals surface area contributed by atoms with Crippen LogP contribution in [0.2, 0.25) is 0 Å². The SMILES string of the molecule is Cc1cc(N2CC(CO)CC2=O)ccc1F. The van der Waals surface area contributed by atoms with Crippen LogP contribution in [0, 0.1) is 18.7 Å². The summed E-state index contributed by atoms with van der Waals surface area (Å²) in [6.07, 6.45) is 0.368. The zero-order valence-corrected chi connectivity index (χ0v) is 9.11. The van der Waals surface area contributed by atoms with Crippen LogP contribution in [0.15, 0.2) is 18.2 Å². The van der Waals surface area contributed by atoms with E-state index in [9.17, 15) is 9.18 Å². The summed E-state index contributed by atoms with van der Waals surface area (Å²) in [5, 5.41) is 9.01. The molecule has 1 aliphatic heterocycles. The van der Waals surface area contributed by atoms with Crippen LogP contribution in [0.5, 0.6) is 0 Å². The van der Waals surface area contributed by atoms with Crippen molar-refractivity contribution in [1.82, 2.24) is 0 Å². The average Bonchev–Trinajstić information content (AvgIpc) is 2.64. The van der Waals surface area contributed by atoms with Crippen molar-refractivity contribution >= 4 is 11.6 Å². The summed E-state index contributed by atoms with van der Waals surface area (Å²) in [7, 11) is 0. The Morgan fingerprint density at radius 1 is 1.56 bits per heavy atom. The molecule has 86 valence electrons. The highest BCUT2D eigenvalue weighted by molar-refractivity contribution is 5.95. The summed E-state index contributed by atoms with van der Waals surface area (Å²) >= 11 is 0. The van der Waals surface area contributed by atoms with Crippen molar-refractivity contribution < 1.29 is 14.3 Å². The number of aryl methyl sites for hydroxylation is 1. The van der Waals surface area contributed by atoms with E-state index >= 15 is 0 Å². The molecule has 1 fully saturated rings. The third-order valence-electron chi connectivity index (χ3n) is 2.92. The minimum atomic E-state index is -0.269. The lowest BCUT2D eigenvalue weighted by atomic mass is 10.1. The van der Waals surface area contributed by atoms with Crippen LogP contribution in [0.4, 0.5) is 10.1 Å². The summed E-state index contributed by atoms with van der Waals surface area (Å²) in [6, 6.07) is 4.62. The van der Waals surface area contributed by atoms with E-state index < -0.39 is 0 Å². The van der Waals surface area contributed by atoms with E-state index in [1.54, 1.807) is 24.0 Å². The van der Waals surface area contributed by atoms with Crippen molar-refractivity contribution in [1.29, 1.82) is 0 Å². The first kappa shape index (κ1) is 11.1. The number of hydrogen-bond donors (Lipinski definition) is 1. The Bertz CT molecular complexity index is 419. The molecule has 1 aromatic carbocycles. The molecule has 1 aromatic rings. The quantitative estimate of drug-likeness (QED) is 0.825. The first-order valence-electron chi connectivity index (χ1n) is 5.29. The molecule has 1 N–H and O–H groups in total. The van der Waals surface area contributed by atoms with Gasteiger partial charge >= 0.3 is 0 Å². The predicted octanol–water partition coefficient (Wildman–Crippen LogP) is 1.48. The normalized spacial score (nSPS) is 20.6. The van der Waals surface area contributed by atoms with Gasteiger partial charge < -0.3 is 10.0 Å². The highest BCUT2D eigenvalue weighted by Crippen LogP contribution is 2.26. The molecule has 0 aliphatic carbocycles. The van der Waals surface area contributed by atoms with Gasteiger partial charge in [-0.25, -0.2) is 4.39 Å². The van der Waals surface area contributed by atoms with Gasteiger partial charge in [-0.2, -0.15) is 0 Å². The third kappa shape index (κ3) is 1.93. The lowest BCUT2D eigenvalue weighted by Crippen LogP contribution is -2.24. The Hall–Kier alpha value is -1.42. The zero-order chi connectivity index (χ0) is 11.7. The lowest BCUT2D eigenvalue weighted by molar-refractivity contribution is -0.117. The fraction of sp³-hybridized carbons (Fsp3) is 0.417. The van der Waals surface area contributed by atoms with E-state index in [0.29, 0.717) is 24.2 Å². The van der Waals surface area contributed by atoms with E-state index in [1.165, 1.54) is 6.07 Å². The number of hydrogen-bond acceptors (Lipinski definition) is 2. The summed E-state index contributed by atoms with van der Waals surface area (Å²) in [5.41, 5.74) is 1.23. The number of aliphatic hydroxyl groups excluding tert-OH is 1. The number of aliphatic hydroxyl groups is 1. The molecule has 0 bridgehead atoms. The molecule has 1 unspecified atom stereocenters. The van der Waals surface area contributed by atoms with Gasteiger partial charge in [-0.05, 0) is 30.7 Å². The zero-order valence-electron chi connectivity index (χ0n) is 9.11. The Labute approximate surface area is 93.5 Å². The van der Waals surface area contributed by atoms with Crippen LogP contribution in [0.25, 0.3) is 0 Å². The van der Waals surface area contributed by atoms with Gasteiger partial charge in [0.15, 0.2) is 0 Å². The molecule has 1 saturated heterocycles. The number of benzene rings is 1. The van der Waals surface area contributed by atoms with Gasteiger partial charge in [0.05, 0.1) is 0 Å². The van der Waals surface area contributed by atoms with Crippen molar-refractivity contribution in [2.45, 2.75) is 13.3 Å². The molecule has 1 atom stereocenters. The molecule has 2 rings (SSSR count). The number of nitrogens with zero attached hydrogens (tertiary/aromatic N) is 1. The standard InChI is InChI=1S/C12H14FNO2/c1-8-4-10(2-3-11(8)13)14-6-9(7-15)5-12(14)16/h2-4,9,15H,5-7H2,1H3. The van der Waals surface area contributed by atoms with Gasteiger partial charge in [0, 0.05) is 31.2 Å². The first-order valence-corrected chi connectivity index (χ1v) is 5.29. The molecule has 0 radical (unpaired) electrons. The molecule has 1 amide bonds. The summed E-state index contributed by atoms with van der Waals surface area (Å²) in [5.74, 6) is -0.281. The molecule has 0 saturated carbocycles. The van der Waals surface area contributed by atoms with E-state index in [4.69, 9.17) is 5.11 Å². The second-order valence-corrected chi connectivity index (χ2v) is 4.19. The number of halogens is 1. The van der Waals surface area contributed by atoms with Crippen molar-refractivity contribution in [2.24, 2.45) is 5.92 Å². The molecule has 0 spiro atoms. The maximum Gasteiger partial charge on any atom is 0.227 e. The van der Waals surface area contributed by atoms with Gasteiger partial charge in [-0.1, -0.05) is 0 Å². The highest BCUT2D eigenvalue weighted by Gasteiger charge is 2.30. The second-order valence-electron chi connectivity index (χ2n) is 4.19. The smallest absolute Gasteiger partial charge is 0.227 e. The van der Waals surface area contributed by atoms with Crippen molar-refractivity contribution in [2.75, 3.05) is 18.1 Å². The number of carbonyl (C=O) groups excluding carboxylic acids is 1. The van der Waals surface area contributed by atoms with Crippen LogP contribution in [0.3, 0.4) is 0 Å². The van der Waals surface area contributed by atoms with Gasteiger partial charge in [0.25, 0.3) is 0 Å². The third-order valence-corrected chi connectivity index (χ3v) is 2.92. The summed E-state index contributed by atoms with van der Waals surface area (Å²) < 4.78 is 13.1. The molecule has 1 heterocycles. The Balaban J connectivity index is 2.24. The van der Waals surface area contributed by atoms with Crippen LogP contribution in [0.1, 0.15) is 12.0 Å². The second kappa shape index (κ2) is 4.22. The summed E-state index contributed by atoms with van der Waals surface area (Å²) in [6.45, 7) is 2.20. The Kier molecular flexibility index (Phi) is 2.92. The molecule has 4 heteroatoms. The van der Waals surface area contributed by atoms with Gasteiger partial charge in [-0.3, -0.25) is 4.79 Å². The maximum absolute atomic E-state index is 13.1. The van der Waals surface area contributed by atoms with Crippen molar-refractivity contribution in [3.8, 4) is 0 Å². The number of carbonyl (C=O) groups is 1. The highest BCUT2D eigenvalue weighted by atomic mass is 19.1. The number of anilines is 1. The van der Waals surface area contributed by atoms with Gasteiger partial charge in [0.2, 0.25) is 5.91 Å². The molecule has 1 aliphatic rings. The van der Waals surface area contributed by atoms with Gasteiger partial charge in [-0.15, -0.1) is 0 Å². The molecule has 0 aromatic heterocycles. The monoisotopic (exact) mass is 223 g/mol. The van der Waals surface area contributed by atoms with E-state index in [-0.39, 0.29) is 24.2 Å². The fourth-order valence-electron chi connectivity index (χ4n) is 1.95. The molecular weight excluding hydrogens is 209 g/mol. The average molecular weight is 223 g/mol. The van der Waals surface area contributed by atoms with Crippen LogP contribution < -0.4 is 4.90 Å². The minimum absolute atomic E-state index is 0.00198. The topological polar surface area (TPSA) is 40.5 Å². The Morgan fingerprint density at radius 3 is 2.88 bits per heavy atom. The minimum Gasteiger partial charge on any atom is -0.396 e. The largest absolute Gasteiger partial charge is 0.396 e. The van der Waals surface area contributed by atoms with E-state index in [0.717, 1.165) is 0 Å². The van der Waals surface area contributed by atoms with Crippen molar-refractivity contribution in [3.05, 3.63) is 29.6 Å². The number of amides is 1. The fourth-order valence-corrected chi connectivity index (χ4v) is 1.95.